The van der Waals surface area contributed by atoms with E-state index in [1.54, 1.807) is 6.20 Å². The first-order valence-corrected chi connectivity index (χ1v) is 7.34. The van der Waals surface area contributed by atoms with Gasteiger partial charge in [-0.1, -0.05) is 13.8 Å². The summed E-state index contributed by atoms with van der Waals surface area (Å²) in [5.41, 5.74) is 7.85. The minimum atomic E-state index is -0.591. The molecule has 1 aliphatic carbocycles. The van der Waals surface area contributed by atoms with Crippen LogP contribution in [0.4, 0.5) is 0 Å². The quantitative estimate of drug-likeness (QED) is 0.612. The fourth-order valence-corrected chi connectivity index (χ4v) is 2.44. The Kier molecular flexibility index (Phi) is 4.95. The first-order chi connectivity index (χ1) is 9.99. The van der Waals surface area contributed by atoms with Gasteiger partial charge in [-0.05, 0) is 30.7 Å². The van der Waals surface area contributed by atoms with E-state index in [2.05, 4.69) is 20.8 Å². The molecule has 21 heavy (non-hydrogen) atoms. The zero-order valence-corrected chi connectivity index (χ0v) is 12.5. The molecule has 2 rings (SSSR count). The number of carbonyl (C=O) groups is 2. The highest BCUT2D eigenvalue weighted by Crippen LogP contribution is 2.27. The summed E-state index contributed by atoms with van der Waals surface area (Å²) >= 11 is 0. The van der Waals surface area contributed by atoms with Crippen LogP contribution in [0.15, 0.2) is 6.20 Å². The van der Waals surface area contributed by atoms with Crippen molar-refractivity contribution in [2.75, 3.05) is 6.54 Å². The molecule has 0 aromatic carbocycles. The van der Waals surface area contributed by atoms with Crippen molar-refractivity contribution in [2.45, 2.75) is 45.2 Å². The van der Waals surface area contributed by atoms with Crippen LogP contribution >= 0.6 is 0 Å². The third kappa shape index (κ3) is 3.81. The molecular formula is C14H23N5O2. The molecule has 0 bridgehead atoms. The summed E-state index contributed by atoms with van der Waals surface area (Å²) in [5, 5.41) is 12.4. The normalized spacial score (nSPS) is 19.0. The smallest absolute Gasteiger partial charge is 0.239 e. The number of amides is 2. The maximum atomic E-state index is 11.9. The van der Waals surface area contributed by atoms with Crippen molar-refractivity contribution >= 4 is 11.8 Å². The maximum absolute atomic E-state index is 11.9. The number of fused-ring (bicyclic) bond motifs is 1. The molecule has 1 unspecified atom stereocenters. The van der Waals surface area contributed by atoms with E-state index in [9.17, 15) is 9.59 Å². The third-order valence-corrected chi connectivity index (χ3v) is 3.82. The highest BCUT2D eigenvalue weighted by atomic mass is 16.2. The highest BCUT2D eigenvalue weighted by molar-refractivity contribution is 5.87. The van der Waals surface area contributed by atoms with Gasteiger partial charge in [-0.2, -0.15) is 5.10 Å². The number of aromatic amines is 1. The van der Waals surface area contributed by atoms with Crippen LogP contribution in [-0.4, -0.2) is 34.6 Å². The van der Waals surface area contributed by atoms with E-state index in [4.69, 9.17) is 5.73 Å². The van der Waals surface area contributed by atoms with E-state index in [0.717, 1.165) is 30.5 Å². The van der Waals surface area contributed by atoms with Crippen LogP contribution in [0, 0.1) is 5.92 Å². The first kappa shape index (κ1) is 15.5. The minimum Gasteiger partial charge on any atom is -0.346 e. The summed E-state index contributed by atoms with van der Waals surface area (Å²) in [6.45, 7) is 3.68. The summed E-state index contributed by atoms with van der Waals surface area (Å²) < 4.78 is 0. The second-order valence-corrected chi connectivity index (χ2v) is 5.81. The Hall–Kier alpha value is -1.89. The molecule has 5 N–H and O–H groups in total. The molecule has 0 saturated heterocycles. The van der Waals surface area contributed by atoms with Crippen molar-refractivity contribution in [2.24, 2.45) is 11.7 Å². The first-order valence-electron chi connectivity index (χ1n) is 7.34. The lowest BCUT2D eigenvalue weighted by Crippen LogP contribution is -2.47. The van der Waals surface area contributed by atoms with Gasteiger partial charge < -0.3 is 16.4 Å². The van der Waals surface area contributed by atoms with Crippen molar-refractivity contribution in [3.8, 4) is 0 Å². The van der Waals surface area contributed by atoms with E-state index < -0.39 is 6.04 Å². The zero-order chi connectivity index (χ0) is 15.4. The molecule has 116 valence electrons. The maximum Gasteiger partial charge on any atom is 0.239 e. The summed E-state index contributed by atoms with van der Waals surface area (Å²) in [6.07, 6.45) is 4.68. The average molecular weight is 293 g/mol. The number of hydrogen-bond acceptors (Lipinski definition) is 4. The van der Waals surface area contributed by atoms with Crippen LogP contribution in [-0.2, 0) is 16.0 Å². The molecule has 0 radical (unpaired) electrons. The summed E-state index contributed by atoms with van der Waals surface area (Å²) in [4.78, 5) is 23.6. The van der Waals surface area contributed by atoms with Crippen molar-refractivity contribution in [3.63, 3.8) is 0 Å². The fourth-order valence-electron chi connectivity index (χ4n) is 2.44. The Bertz CT molecular complexity index is 511. The number of H-pyrrole nitrogens is 1. The van der Waals surface area contributed by atoms with Gasteiger partial charge in [0.05, 0.1) is 30.5 Å². The molecule has 1 aromatic rings. The Morgan fingerprint density at radius 2 is 2.29 bits per heavy atom. The standard InChI is InChI=1S/C14H23N5O2/c1-8(2)12(15)14(21)16-7-11(20)18-10-5-3-4-9-6-17-19-13(9)10/h6,8,10,12H,3-5,7,15H2,1-2H3,(H,16,21)(H,17,19)(H,18,20)/t10?,12-/m0/s1. The molecule has 2 amide bonds. The van der Waals surface area contributed by atoms with E-state index in [-0.39, 0.29) is 30.3 Å². The number of nitrogens with zero attached hydrogens (tertiary/aromatic N) is 1. The summed E-state index contributed by atoms with van der Waals surface area (Å²) in [7, 11) is 0. The van der Waals surface area contributed by atoms with E-state index >= 15 is 0 Å². The molecule has 0 aliphatic heterocycles. The van der Waals surface area contributed by atoms with Crippen LogP contribution in [0.2, 0.25) is 0 Å². The van der Waals surface area contributed by atoms with E-state index in [1.807, 2.05) is 13.8 Å². The Labute approximate surface area is 124 Å². The monoisotopic (exact) mass is 293 g/mol. The Morgan fingerprint density at radius 1 is 1.52 bits per heavy atom. The molecule has 2 atom stereocenters. The lowest BCUT2D eigenvalue weighted by molar-refractivity contribution is -0.127. The predicted octanol–water partition coefficient (Wildman–Crippen LogP) is 0.00280. The van der Waals surface area contributed by atoms with Crippen LogP contribution in [0.3, 0.4) is 0 Å². The van der Waals surface area contributed by atoms with Crippen LogP contribution < -0.4 is 16.4 Å². The van der Waals surface area contributed by atoms with Crippen molar-refractivity contribution in [1.82, 2.24) is 20.8 Å². The molecule has 1 aliphatic rings. The number of aryl methyl sites for hydroxylation is 1. The molecule has 0 spiro atoms. The van der Waals surface area contributed by atoms with Gasteiger partial charge >= 0.3 is 0 Å². The molecule has 7 nitrogen and oxygen atoms in total. The summed E-state index contributed by atoms with van der Waals surface area (Å²) in [6, 6.07) is -0.647. The van der Waals surface area contributed by atoms with Gasteiger partial charge in [0, 0.05) is 0 Å². The average Bonchev–Trinajstić information content (AvgIpc) is 2.93. The zero-order valence-electron chi connectivity index (χ0n) is 12.5. The number of hydrogen-bond donors (Lipinski definition) is 4. The van der Waals surface area contributed by atoms with E-state index in [1.165, 1.54) is 0 Å². The molecule has 1 aromatic heterocycles. The Balaban J connectivity index is 1.82. The van der Waals surface area contributed by atoms with Gasteiger partial charge in [-0.3, -0.25) is 14.7 Å². The Morgan fingerprint density at radius 3 is 3.00 bits per heavy atom. The van der Waals surface area contributed by atoms with Crippen molar-refractivity contribution in [3.05, 3.63) is 17.5 Å². The second kappa shape index (κ2) is 6.71. The molecular weight excluding hydrogens is 270 g/mol. The number of rotatable bonds is 5. The lowest BCUT2D eigenvalue weighted by atomic mass is 9.94. The SMILES string of the molecule is CC(C)[C@H](N)C(=O)NCC(=O)NC1CCCc2cn[nH]c21. The number of nitrogens with one attached hydrogen (secondary N) is 3. The van der Waals surface area contributed by atoms with Crippen LogP contribution in [0.1, 0.15) is 44.0 Å². The number of nitrogens with two attached hydrogens (primary N) is 1. The fraction of sp³-hybridized carbons (Fsp3) is 0.643. The van der Waals surface area contributed by atoms with Crippen LogP contribution in [0.5, 0.6) is 0 Å². The third-order valence-electron chi connectivity index (χ3n) is 3.82. The van der Waals surface area contributed by atoms with Crippen molar-refractivity contribution < 1.29 is 9.59 Å². The van der Waals surface area contributed by atoms with Gasteiger partial charge in [0.25, 0.3) is 0 Å². The van der Waals surface area contributed by atoms with Gasteiger partial charge in [0.1, 0.15) is 0 Å². The molecule has 0 saturated carbocycles. The van der Waals surface area contributed by atoms with Crippen LogP contribution in [0.25, 0.3) is 0 Å². The van der Waals surface area contributed by atoms with E-state index in [0.29, 0.717) is 0 Å². The highest BCUT2D eigenvalue weighted by Gasteiger charge is 2.24. The summed E-state index contributed by atoms with van der Waals surface area (Å²) in [5.74, 6) is -0.475. The lowest BCUT2D eigenvalue weighted by Gasteiger charge is -2.23. The molecule has 0 fully saturated rings. The largest absolute Gasteiger partial charge is 0.346 e. The second-order valence-electron chi connectivity index (χ2n) is 5.81. The molecule has 7 heteroatoms. The van der Waals surface area contributed by atoms with Gasteiger partial charge in [-0.25, -0.2) is 0 Å². The topological polar surface area (TPSA) is 113 Å². The van der Waals surface area contributed by atoms with Crippen molar-refractivity contribution in [1.29, 1.82) is 0 Å². The number of aromatic nitrogens is 2. The predicted molar refractivity (Wildman–Crippen MR) is 78.2 cm³/mol. The van der Waals surface area contributed by atoms with Gasteiger partial charge in [0.15, 0.2) is 0 Å². The van der Waals surface area contributed by atoms with Gasteiger partial charge in [-0.15, -0.1) is 0 Å². The number of carbonyl (C=O) groups excluding carboxylic acids is 2. The molecule has 1 heterocycles. The van der Waals surface area contributed by atoms with Gasteiger partial charge in [0.2, 0.25) is 11.8 Å². The minimum absolute atomic E-state index is 0.0407.